The number of hydrogen-bond donors (Lipinski definition) is 3. The summed E-state index contributed by atoms with van der Waals surface area (Å²) in [5.41, 5.74) is 5.77. The van der Waals surface area contributed by atoms with Gasteiger partial charge in [0.25, 0.3) is 0 Å². The first-order chi connectivity index (χ1) is 6.15. The number of aliphatic hydroxyl groups is 1. The maximum absolute atomic E-state index is 11.5. The standard InChI is InChI=1S/C9H18N2O2/c1-6(5-12)11-9(13)7-3-2-4-8(7)10/h6-8,12H,2-5,10H2,1H3,(H,11,13)/t6-,7?,8?/m1/s1. The molecule has 4 nitrogen and oxygen atoms in total. The van der Waals surface area contributed by atoms with Gasteiger partial charge in [0.05, 0.1) is 12.5 Å². The quantitative estimate of drug-likeness (QED) is 0.562. The van der Waals surface area contributed by atoms with E-state index in [9.17, 15) is 4.79 Å². The van der Waals surface area contributed by atoms with Gasteiger partial charge < -0.3 is 16.2 Å². The zero-order valence-electron chi connectivity index (χ0n) is 7.99. The van der Waals surface area contributed by atoms with Crippen LogP contribution in [0.1, 0.15) is 26.2 Å². The molecule has 1 saturated carbocycles. The maximum atomic E-state index is 11.5. The van der Waals surface area contributed by atoms with E-state index in [0.29, 0.717) is 0 Å². The van der Waals surface area contributed by atoms with Gasteiger partial charge in [0.1, 0.15) is 0 Å². The highest BCUT2D eigenvalue weighted by molar-refractivity contribution is 5.79. The molecule has 3 atom stereocenters. The Morgan fingerprint density at radius 1 is 1.69 bits per heavy atom. The molecule has 1 amide bonds. The Balaban J connectivity index is 2.38. The van der Waals surface area contributed by atoms with Gasteiger partial charge in [-0.1, -0.05) is 6.42 Å². The molecule has 0 heterocycles. The lowest BCUT2D eigenvalue weighted by atomic mass is 10.0. The molecule has 0 radical (unpaired) electrons. The zero-order chi connectivity index (χ0) is 9.84. The second-order valence-corrected chi connectivity index (χ2v) is 3.79. The number of nitrogens with two attached hydrogens (primary N) is 1. The molecule has 0 spiro atoms. The Morgan fingerprint density at radius 2 is 2.38 bits per heavy atom. The summed E-state index contributed by atoms with van der Waals surface area (Å²) in [6.07, 6.45) is 2.85. The maximum Gasteiger partial charge on any atom is 0.224 e. The Hall–Kier alpha value is -0.610. The molecular formula is C9H18N2O2. The normalized spacial score (nSPS) is 30.1. The van der Waals surface area contributed by atoms with Crippen molar-refractivity contribution in [2.24, 2.45) is 11.7 Å². The summed E-state index contributed by atoms with van der Waals surface area (Å²) >= 11 is 0. The monoisotopic (exact) mass is 186 g/mol. The fourth-order valence-corrected chi connectivity index (χ4v) is 1.71. The van der Waals surface area contributed by atoms with E-state index in [0.717, 1.165) is 19.3 Å². The van der Waals surface area contributed by atoms with E-state index in [1.54, 1.807) is 6.92 Å². The lowest BCUT2D eigenvalue weighted by molar-refractivity contribution is -0.126. The van der Waals surface area contributed by atoms with Gasteiger partial charge in [-0.2, -0.15) is 0 Å². The Morgan fingerprint density at radius 3 is 2.85 bits per heavy atom. The van der Waals surface area contributed by atoms with Crippen LogP contribution in [0.4, 0.5) is 0 Å². The molecule has 76 valence electrons. The molecule has 0 aromatic rings. The van der Waals surface area contributed by atoms with Gasteiger partial charge in [-0.3, -0.25) is 4.79 Å². The van der Waals surface area contributed by atoms with Crippen LogP contribution in [0.25, 0.3) is 0 Å². The van der Waals surface area contributed by atoms with Crippen LogP contribution in [-0.4, -0.2) is 29.7 Å². The molecule has 1 aliphatic carbocycles. The summed E-state index contributed by atoms with van der Waals surface area (Å²) in [6.45, 7) is 1.76. The van der Waals surface area contributed by atoms with Crippen LogP contribution in [0.2, 0.25) is 0 Å². The second kappa shape index (κ2) is 4.58. The van der Waals surface area contributed by atoms with E-state index in [1.165, 1.54) is 0 Å². The number of carbonyl (C=O) groups is 1. The molecule has 0 saturated heterocycles. The minimum absolute atomic E-state index is 0.00546. The minimum Gasteiger partial charge on any atom is -0.394 e. The summed E-state index contributed by atoms with van der Waals surface area (Å²) < 4.78 is 0. The third-order valence-electron chi connectivity index (χ3n) is 2.57. The average Bonchev–Trinajstić information content (AvgIpc) is 2.51. The van der Waals surface area contributed by atoms with Crippen molar-refractivity contribution in [3.63, 3.8) is 0 Å². The van der Waals surface area contributed by atoms with Crippen LogP contribution in [0, 0.1) is 5.92 Å². The van der Waals surface area contributed by atoms with E-state index in [4.69, 9.17) is 10.8 Å². The van der Waals surface area contributed by atoms with Gasteiger partial charge in [0.2, 0.25) is 5.91 Å². The number of rotatable bonds is 3. The van der Waals surface area contributed by atoms with Crippen LogP contribution in [0.15, 0.2) is 0 Å². The van der Waals surface area contributed by atoms with Crippen LogP contribution < -0.4 is 11.1 Å². The van der Waals surface area contributed by atoms with Gasteiger partial charge >= 0.3 is 0 Å². The van der Waals surface area contributed by atoms with Crippen molar-refractivity contribution in [2.45, 2.75) is 38.3 Å². The van der Waals surface area contributed by atoms with Crippen molar-refractivity contribution in [1.82, 2.24) is 5.32 Å². The number of nitrogens with one attached hydrogen (secondary N) is 1. The van der Waals surface area contributed by atoms with E-state index in [1.807, 2.05) is 0 Å². The highest BCUT2D eigenvalue weighted by atomic mass is 16.3. The summed E-state index contributed by atoms with van der Waals surface area (Å²) in [6, 6.07) is -0.161. The predicted molar refractivity (Wildman–Crippen MR) is 50.0 cm³/mol. The fraction of sp³-hybridized carbons (Fsp3) is 0.889. The largest absolute Gasteiger partial charge is 0.394 e. The summed E-state index contributed by atoms with van der Waals surface area (Å²) in [5.74, 6) is -0.0550. The molecule has 13 heavy (non-hydrogen) atoms. The van der Waals surface area contributed by atoms with Crippen molar-refractivity contribution in [3.05, 3.63) is 0 Å². The van der Waals surface area contributed by atoms with Gasteiger partial charge in [0.15, 0.2) is 0 Å². The predicted octanol–water partition coefficient (Wildman–Crippen LogP) is -0.389. The van der Waals surface area contributed by atoms with E-state index >= 15 is 0 Å². The number of aliphatic hydroxyl groups excluding tert-OH is 1. The molecule has 0 bridgehead atoms. The highest BCUT2D eigenvalue weighted by Crippen LogP contribution is 2.23. The summed E-state index contributed by atoms with van der Waals surface area (Å²) in [5, 5.41) is 11.5. The molecule has 4 heteroatoms. The first-order valence-electron chi connectivity index (χ1n) is 4.82. The number of hydrogen-bond acceptors (Lipinski definition) is 3. The molecule has 0 aliphatic heterocycles. The highest BCUT2D eigenvalue weighted by Gasteiger charge is 2.30. The topological polar surface area (TPSA) is 75.3 Å². The number of amides is 1. The third kappa shape index (κ3) is 2.67. The molecule has 1 fully saturated rings. The fourth-order valence-electron chi connectivity index (χ4n) is 1.71. The number of carbonyl (C=O) groups excluding carboxylic acids is 1. The Labute approximate surface area is 78.5 Å². The summed E-state index contributed by atoms with van der Waals surface area (Å²) in [4.78, 5) is 11.5. The summed E-state index contributed by atoms with van der Waals surface area (Å²) in [7, 11) is 0. The van der Waals surface area contributed by atoms with Crippen molar-refractivity contribution in [1.29, 1.82) is 0 Å². The van der Waals surface area contributed by atoms with Gasteiger partial charge in [-0.25, -0.2) is 0 Å². The van der Waals surface area contributed by atoms with Crippen LogP contribution in [-0.2, 0) is 4.79 Å². The molecule has 0 aromatic heterocycles. The van der Waals surface area contributed by atoms with Crippen LogP contribution in [0.3, 0.4) is 0 Å². The molecule has 1 aliphatic rings. The van der Waals surface area contributed by atoms with E-state index in [-0.39, 0.29) is 30.5 Å². The van der Waals surface area contributed by atoms with Crippen molar-refractivity contribution < 1.29 is 9.90 Å². The van der Waals surface area contributed by atoms with Crippen molar-refractivity contribution in [2.75, 3.05) is 6.61 Å². The molecule has 0 aromatic carbocycles. The lowest BCUT2D eigenvalue weighted by Gasteiger charge is -2.17. The van der Waals surface area contributed by atoms with Crippen LogP contribution >= 0.6 is 0 Å². The molecule has 4 N–H and O–H groups in total. The van der Waals surface area contributed by atoms with Gasteiger partial charge in [0, 0.05) is 12.1 Å². The Kier molecular flexibility index (Phi) is 3.69. The van der Waals surface area contributed by atoms with Crippen molar-refractivity contribution >= 4 is 5.91 Å². The minimum atomic E-state index is -0.166. The molecule has 1 rings (SSSR count). The van der Waals surface area contributed by atoms with E-state index in [2.05, 4.69) is 5.32 Å². The molecule has 2 unspecified atom stereocenters. The van der Waals surface area contributed by atoms with Gasteiger partial charge in [-0.15, -0.1) is 0 Å². The molecular weight excluding hydrogens is 168 g/mol. The second-order valence-electron chi connectivity index (χ2n) is 3.79. The zero-order valence-corrected chi connectivity index (χ0v) is 7.99. The smallest absolute Gasteiger partial charge is 0.224 e. The van der Waals surface area contributed by atoms with Crippen LogP contribution in [0.5, 0.6) is 0 Å². The first kappa shape index (κ1) is 10.5. The lowest BCUT2D eigenvalue weighted by Crippen LogP contribution is -2.43. The SMILES string of the molecule is C[C@H](CO)NC(=O)C1CCCC1N. The average molecular weight is 186 g/mol. The third-order valence-corrected chi connectivity index (χ3v) is 2.57. The van der Waals surface area contributed by atoms with E-state index < -0.39 is 0 Å². The van der Waals surface area contributed by atoms with Crippen molar-refractivity contribution in [3.8, 4) is 0 Å². The Bertz CT molecular complexity index is 184. The van der Waals surface area contributed by atoms with Gasteiger partial charge in [-0.05, 0) is 19.8 Å². The first-order valence-corrected chi connectivity index (χ1v) is 4.82.